The zero-order chi connectivity index (χ0) is 16.6. The highest BCUT2D eigenvalue weighted by Crippen LogP contribution is 2.40. The Morgan fingerprint density at radius 2 is 2.13 bits per heavy atom. The second-order valence-electron chi connectivity index (χ2n) is 7.32. The molecule has 1 heterocycles. The Kier molecular flexibility index (Phi) is 4.65. The molecule has 23 heavy (non-hydrogen) atoms. The van der Waals surface area contributed by atoms with Crippen molar-refractivity contribution in [2.24, 2.45) is 11.3 Å². The van der Waals surface area contributed by atoms with E-state index in [0.29, 0.717) is 11.3 Å². The molecule has 3 rings (SSSR count). The van der Waals surface area contributed by atoms with Gasteiger partial charge < -0.3 is 5.32 Å². The SMILES string of the molecule is CC(C)(C)C1CCc2c(C(=O)Nc3cccc(Br)c3)csc2C1. The van der Waals surface area contributed by atoms with Gasteiger partial charge in [0.25, 0.3) is 5.91 Å². The summed E-state index contributed by atoms with van der Waals surface area (Å²) in [5, 5.41) is 5.05. The molecule has 1 aliphatic carbocycles. The van der Waals surface area contributed by atoms with E-state index in [-0.39, 0.29) is 5.91 Å². The van der Waals surface area contributed by atoms with Crippen molar-refractivity contribution in [3.05, 3.63) is 50.1 Å². The maximum absolute atomic E-state index is 12.6. The average molecular weight is 392 g/mol. The van der Waals surface area contributed by atoms with Gasteiger partial charge in [0.05, 0.1) is 5.56 Å². The molecule has 1 unspecified atom stereocenters. The van der Waals surface area contributed by atoms with Crippen LogP contribution in [0.5, 0.6) is 0 Å². The van der Waals surface area contributed by atoms with Crippen molar-refractivity contribution in [3.8, 4) is 0 Å². The lowest BCUT2D eigenvalue weighted by atomic mass is 9.72. The fourth-order valence-electron chi connectivity index (χ4n) is 3.21. The van der Waals surface area contributed by atoms with E-state index >= 15 is 0 Å². The second-order valence-corrected chi connectivity index (χ2v) is 9.20. The molecule has 0 spiro atoms. The van der Waals surface area contributed by atoms with E-state index < -0.39 is 0 Å². The van der Waals surface area contributed by atoms with Crippen molar-refractivity contribution >= 4 is 38.9 Å². The molecular formula is C19H22BrNOS. The van der Waals surface area contributed by atoms with Crippen molar-refractivity contribution in [2.75, 3.05) is 5.32 Å². The standard InChI is InChI=1S/C19H22BrNOS/c1-19(2,3)12-7-8-15-16(11-23-17(15)9-12)18(22)21-14-6-4-5-13(20)10-14/h4-6,10-12H,7-9H2,1-3H3,(H,21,22). The zero-order valence-corrected chi connectivity index (χ0v) is 16.2. The molecule has 0 bridgehead atoms. The minimum Gasteiger partial charge on any atom is -0.322 e. The summed E-state index contributed by atoms with van der Waals surface area (Å²) in [5.74, 6) is 0.712. The van der Waals surface area contributed by atoms with E-state index in [9.17, 15) is 4.79 Å². The monoisotopic (exact) mass is 391 g/mol. The number of benzene rings is 1. The van der Waals surface area contributed by atoms with Gasteiger partial charge in [-0.1, -0.05) is 42.8 Å². The number of carbonyl (C=O) groups excluding carboxylic acids is 1. The summed E-state index contributed by atoms with van der Waals surface area (Å²) in [7, 11) is 0. The maximum atomic E-state index is 12.6. The Bertz CT molecular complexity index is 729. The van der Waals surface area contributed by atoms with Crippen LogP contribution in [0.3, 0.4) is 0 Å². The Morgan fingerprint density at radius 3 is 2.83 bits per heavy atom. The van der Waals surface area contributed by atoms with Crippen molar-refractivity contribution in [2.45, 2.75) is 40.0 Å². The predicted octanol–water partition coefficient (Wildman–Crippen LogP) is 5.91. The largest absolute Gasteiger partial charge is 0.322 e. The van der Waals surface area contributed by atoms with Gasteiger partial charge >= 0.3 is 0 Å². The van der Waals surface area contributed by atoms with Crippen LogP contribution in [-0.2, 0) is 12.8 Å². The lowest BCUT2D eigenvalue weighted by Gasteiger charge is -2.34. The van der Waals surface area contributed by atoms with Crippen LogP contribution in [0.2, 0.25) is 0 Å². The Labute approximate surface area is 150 Å². The molecule has 2 aromatic rings. The lowest BCUT2D eigenvalue weighted by molar-refractivity contribution is 0.102. The van der Waals surface area contributed by atoms with Crippen LogP contribution in [0, 0.1) is 11.3 Å². The topological polar surface area (TPSA) is 29.1 Å². The van der Waals surface area contributed by atoms with Crippen LogP contribution < -0.4 is 5.32 Å². The fraction of sp³-hybridized carbons (Fsp3) is 0.421. The molecule has 0 aliphatic heterocycles. The van der Waals surface area contributed by atoms with E-state index in [1.54, 1.807) is 11.3 Å². The quantitative estimate of drug-likeness (QED) is 0.676. The van der Waals surface area contributed by atoms with Gasteiger partial charge in [-0.3, -0.25) is 4.79 Å². The summed E-state index contributed by atoms with van der Waals surface area (Å²) in [6.07, 6.45) is 3.29. The maximum Gasteiger partial charge on any atom is 0.256 e. The summed E-state index contributed by atoms with van der Waals surface area (Å²) in [4.78, 5) is 14.0. The van der Waals surface area contributed by atoms with Gasteiger partial charge in [0, 0.05) is 20.4 Å². The van der Waals surface area contributed by atoms with Gasteiger partial charge in [-0.15, -0.1) is 11.3 Å². The molecule has 4 heteroatoms. The molecule has 1 amide bonds. The highest BCUT2D eigenvalue weighted by molar-refractivity contribution is 9.10. The first-order valence-electron chi connectivity index (χ1n) is 8.01. The Balaban J connectivity index is 1.78. The summed E-state index contributed by atoms with van der Waals surface area (Å²) < 4.78 is 0.968. The van der Waals surface area contributed by atoms with Crippen LogP contribution in [0.4, 0.5) is 5.69 Å². The van der Waals surface area contributed by atoms with Gasteiger partial charge in [0.1, 0.15) is 0 Å². The molecular weight excluding hydrogens is 370 g/mol. The molecule has 2 nitrogen and oxygen atoms in total. The number of fused-ring (bicyclic) bond motifs is 1. The molecule has 0 saturated heterocycles. The number of anilines is 1. The predicted molar refractivity (Wildman–Crippen MR) is 101 cm³/mol. The van der Waals surface area contributed by atoms with Crippen LogP contribution in [0.1, 0.15) is 48.0 Å². The Morgan fingerprint density at radius 1 is 1.35 bits per heavy atom. The minimum atomic E-state index is 0.00908. The summed E-state index contributed by atoms with van der Waals surface area (Å²) in [5.41, 5.74) is 3.29. The third-order valence-electron chi connectivity index (χ3n) is 4.71. The summed E-state index contributed by atoms with van der Waals surface area (Å²) in [6.45, 7) is 6.95. The number of thiophene rings is 1. The van der Waals surface area contributed by atoms with Gasteiger partial charge in [-0.05, 0) is 54.4 Å². The zero-order valence-electron chi connectivity index (χ0n) is 13.8. The highest BCUT2D eigenvalue weighted by atomic mass is 79.9. The van der Waals surface area contributed by atoms with Crippen LogP contribution in [0.25, 0.3) is 0 Å². The van der Waals surface area contributed by atoms with E-state index in [1.807, 2.05) is 29.6 Å². The average Bonchev–Trinajstić information content (AvgIpc) is 2.89. The van der Waals surface area contributed by atoms with E-state index in [1.165, 1.54) is 16.9 Å². The first-order chi connectivity index (χ1) is 10.8. The summed E-state index contributed by atoms with van der Waals surface area (Å²) >= 11 is 5.18. The lowest BCUT2D eigenvalue weighted by Crippen LogP contribution is -2.27. The first-order valence-corrected chi connectivity index (χ1v) is 9.68. The van der Waals surface area contributed by atoms with E-state index in [0.717, 1.165) is 28.6 Å². The third-order valence-corrected chi connectivity index (χ3v) is 6.25. The van der Waals surface area contributed by atoms with Crippen molar-refractivity contribution in [1.29, 1.82) is 0 Å². The normalized spacial score (nSPS) is 17.7. The fourth-order valence-corrected chi connectivity index (χ4v) is 4.77. The molecule has 0 radical (unpaired) electrons. The van der Waals surface area contributed by atoms with Gasteiger partial charge in [-0.25, -0.2) is 0 Å². The molecule has 0 fully saturated rings. The van der Waals surface area contributed by atoms with Crippen LogP contribution >= 0.6 is 27.3 Å². The molecule has 1 N–H and O–H groups in total. The second kappa shape index (κ2) is 6.40. The van der Waals surface area contributed by atoms with Crippen molar-refractivity contribution < 1.29 is 4.79 Å². The van der Waals surface area contributed by atoms with Gasteiger partial charge in [0.15, 0.2) is 0 Å². The molecule has 0 saturated carbocycles. The van der Waals surface area contributed by atoms with E-state index in [2.05, 4.69) is 42.0 Å². The van der Waals surface area contributed by atoms with Crippen molar-refractivity contribution in [3.63, 3.8) is 0 Å². The number of carbonyl (C=O) groups is 1. The number of hydrogen-bond donors (Lipinski definition) is 1. The smallest absolute Gasteiger partial charge is 0.256 e. The molecule has 122 valence electrons. The number of halogens is 1. The van der Waals surface area contributed by atoms with Crippen LogP contribution in [-0.4, -0.2) is 5.91 Å². The van der Waals surface area contributed by atoms with E-state index in [4.69, 9.17) is 0 Å². The minimum absolute atomic E-state index is 0.00908. The molecule has 1 aliphatic rings. The Hall–Kier alpha value is -1.13. The molecule has 1 aromatic carbocycles. The summed E-state index contributed by atoms with van der Waals surface area (Å²) in [6, 6.07) is 7.72. The highest BCUT2D eigenvalue weighted by Gasteiger charge is 2.31. The number of hydrogen-bond acceptors (Lipinski definition) is 2. The first kappa shape index (κ1) is 16.7. The third kappa shape index (κ3) is 3.69. The van der Waals surface area contributed by atoms with Crippen molar-refractivity contribution in [1.82, 2.24) is 0 Å². The number of nitrogens with one attached hydrogen (secondary N) is 1. The van der Waals surface area contributed by atoms with Gasteiger partial charge in [-0.2, -0.15) is 0 Å². The number of amides is 1. The van der Waals surface area contributed by atoms with Gasteiger partial charge in [0.2, 0.25) is 0 Å². The molecule has 1 atom stereocenters. The molecule has 1 aromatic heterocycles. The van der Waals surface area contributed by atoms with Crippen LogP contribution in [0.15, 0.2) is 34.1 Å². The number of rotatable bonds is 2.